The second-order valence-electron chi connectivity index (χ2n) is 4.00. The second kappa shape index (κ2) is 5.47. The van der Waals surface area contributed by atoms with Gasteiger partial charge in [-0.3, -0.25) is 4.79 Å². The normalized spacial score (nSPS) is 13.9. The first kappa shape index (κ1) is 12.5. The van der Waals surface area contributed by atoms with E-state index in [1.165, 1.54) is 6.08 Å². The Balaban J connectivity index is 2.40. The number of hydrogen-bond donors (Lipinski definition) is 2. The van der Waals surface area contributed by atoms with Crippen molar-refractivity contribution < 1.29 is 9.90 Å². The molecule has 0 aliphatic carbocycles. The Morgan fingerprint density at radius 3 is 2.69 bits per heavy atom. The van der Waals surface area contributed by atoms with Gasteiger partial charge in [-0.2, -0.15) is 0 Å². The summed E-state index contributed by atoms with van der Waals surface area (Å²) in [5, 5.41) is 12.3. The zero-order chi connectivity index (χ0) is 12.0. The summed E-state index contributed by atoms with van der Waals surface area (Å²) in [6.45, 7) is 5.28. The summed E-state index contributed by atoms with van der Waals surface area (Å²) in [7, 11) is 0. The van der Waals surface area contributed by atoms with Crippen molar-refractivity contribution in [1.82, 2.24) is 5.32 Å². The number of carbonyl (C=O) groups excluding carboxylic acids is 1. The molecule has 0 fully saturated rings. The second-order valence-corrected chi connectivity index (χ2v) is 4.00. The summed E-state index contributed by atoms with van der Waals surface area (Å²) in [5.41, 5.74) is -0.0925. The minimum Gasteiger partial charge on any atom is -0.384 e. The van der Waals surface area contributed by atoms with E-state index in [2.05, 4.69) is 11.9 Å². The molecule has 1 rings (SSSR count). The molecule has 1 amide bonds. The predicted octanol–water partition coefficient (Wildman–Crippen LogP) is 1.28. The lowest BCUT2D eigenvalue weighted by Gasteiger charge is -2.18. The molecule has 0 spiro atoms. The van der Waals surface area contributed by atoms with Gasteiger partial charge in [0.25, 0.3) is 0 Å². The van der Waals surface area contributed by atoms with Crippen molar-refractivity contribution in [2.45, 2.75) is 18.9 Å². The number of amides is 1. The van der Waals surface area contributed by atoms with Crippen LogP contribution >= 0.6 is 0 Å². The molecule has 1 aromatic carbocycles. The fourth-order valence-electron chi connectivity index (χ4n) is 1.19. The Labute approximate surface area is 95.8 Å². The van der Waals surface area contributed by atoms with Crippen molar-refractivity contribution in [2.24, 2.45) is 0 Å². The zero-order valence-corrected chi connectivity index (χ0v) is 9.44. The van der Waals surface area contributed by atoms with E-state index in [1.54, 1.807) is 6.92 Å². The first-order chi connectivity index (χ1) is 7.53. The SMILES string of the molecule is C=CC(C)(O)CNC(=O)Cc1ccccc1. The molecule has 3 heteroatoms. The molecule has 0 bridgehead atoms. The number of hydrogen-bond acceptors (Lipinski definition) is 2. The standard InChI is InChI=1S/C13H17NO2/c1-3-13(2,16)10-14-12(15)9-11-7-5-4-6-8-11/h3-8,16H,1,9-10H2,2H3,(H,14,15). The monoisotopic (exact) mass is 219 g/mol. The van der Waals surface area contributed by atoms with E-state index >= 15 is 0 Å². The molecule has 1 unspecified atom stereocenters. The van der Waals surface area contributed by atoms with Crippen LogP contribution in [0.5, 0.6) is 0 Å². The Kier molecular flexibility index (Phi) is 4.26. The maximum Gasteiger partial charge on any atom is 0.224 e. The molecule has 0 aliphatic heterocycles. The molecule has 0 radical (unpaired) electrons. The van der Waals surface area contributed by atoms with Crippen LogP contribution in [0.25, 0.3) is 0 Å². The van der Waals surface area contributed by atoms with E-state index < -0.39 is 5.60 Å². The zero-order valence-electron chi connectivity index (χ0n) is 9.44. The Hall–Kier alpha value is -1.61. The van der Waals surface area contributed by atoms with Gasteiger partial charge in [-0.25, -0.2) is 0 Å². The van der Waals surface area contributed by atoms with E-state index in [-0.39, 0.29) is 12.5 Å². The molecule has 3 nitrogen and oxygen atoms in total. The minimum absolute atomic E-state index is 0.103. The van der Waals surface area contributed by atoms with Crippen molar-refractivity contribution >= 4 is 5.91 Å². The van der Waals surface area contributed by atoms with Crippen LogP contribution in [-0.2, 0) is 11.2 Å². The molecule has 2 N–H and O–H groups in total. The molecule has 0 saturated carbocycles. The topological polar surface area (TPSA) is 49.3 Å². The fourth-order valence-corrected chi connectivity index (χ4v) is 1.19. The number of aliphatic hydroxyl groups is 1. The number of nitrogens with one attached hydrogen (secondary N) is 1. The van der Waals surface area contributed by atoms with E-state index in [1.807, 2.05) is 30.3 Å². The summed E-state index contributed by atoms with van der Waals surface area (Å²) < 4.78 is 0. The van der Waals surface area contributed by atoms with Crippen molar-refractivity contribution in [3.8, 4) is 0 Å². The highest BCUT2D eigenvalue weighted by molar-refractivity contribution is 5.78. The molecule has 0 aliphatic rings. The first-order valence-electron chi connectivity index (χ1n) is 5.20. The summed E-state index contributed by atoms with van der Waals surface area (Å²) in [6, 6.07) is 9.48. The van der Waals surface area contributed by atoms with Crippen molar-refractivity contribution in [1.29, 1.82) is 0 Å². The Morgan fingerprint density at radius 1 is 1.50 bits per heavy atom. The van der Waals surface area contributed by atoms with Gasteiger partial charge in [0.1, 0.15) is 0 Å². The van der Waals surface area contributed by atoms with E-state index in [0.29, 0.717) is 6.42 Å². The maximum atomic E-state index is 11.5. The van der Waals surface area contributed by atoms with Gasteiger partial charge in [-0.05, 0) is 12.5 Å². The predicted molar refractivity (Wildman–Crippen MR) is 64.0 cm³/mol. The van der Waals surface area contributed by atoms with E-state index in [4.69, 9.17) is 0 Å². The molecular weight excluding hydrogens is 202 g/mol. The highest BCUT2D eigenvalue weighted by Gasteiger charge is 2.16. The van der Waals surface area contributed by atoms with Crippen LogP contribution in [0.15, 0.2) is 43.0 Å². The van der Waals surface area contributed by atoms with Crippen molar-refractivity contribution in [3.63, 3.8) is 0 Å². The largest absolute Gasteiger partial charge is 0.384 e. The van der Waals surface area contributed by atoms with Gasteiger partial charge in [0.2, 0.25) is 5.91 Å². The quantitative estimate of drug-likeness (QED) is 0.733. The van der Waals surface area contributed by atoms with E-state index in [0.717, 1.165) is 5.56 Å². The average Bonchev–Trinajstić information content (AvgIpc) is 2.28. The molecule has 16 heavy (non-hydrogen) atoms. The minimum atomic E-state index is -1.05. The van der Waals surface area contributed by atoms with Crippen LogP contribution < -0.4 is 5.32 Å². The van der Waals surface area contributed by atoms with Gasteiger partial charge in [-0.1, -0.05) is 36.4 Å². The summed E-state index contributed by atoms with van der Waals surface area (Å²) in [5.74, 6) is -0.103. The molecule has 86 valence electrons. The molecule has 1 atom stereocenters. The third kappa shape index (κ3) is 4.28. The average molecular weight is 219 g/mol. The molecular formula is C13H17NO2. The molecule has 0 aromatic heterocycles. The molecule has 1 aromatic rings. The van der Waals surface area contributed by atoms with Gasteiger partial charge in [0.15, 0.2) is 0 Å². The first-order valence-corrected chi connectivity index (χ1v) is 5.20. The summed E-state index contributed by atoms with van der Waals surface area (Å²) >= 11 is 0. The van der Waals surface area contributed by atoms with Crippen LogP contribution in [0.3, 0.4) is 0 Å². The lowest BCUT2D eigenvalue weighted by atomic mass is 10.1. The maximum absolute atomic E-state index is 11.5. The number of rotatable bonds is 5. The third-order valence-corrected chi connectivity index (χ3v) is 2.29. The van der Waals surface area contributed by atoms with Gasteiger partial charge in [-0.15, -0.1) is 6.58 Å². The van der Waals surface area contributed by atoms with Crippen LogP contribution in [0, 0.1) is 0 Å². The highest BCUT2D eigenvalue weighted by Crippen LogP contribution is 2.03. The molecule has 0 saturated heterocycles. The summed E-state index contributed by atoms with van der Waals surface area (Å²) in [4.78, 5) is 11.5. The lowest BCUT2D eigenvalue weighted by Crippen LogP contribution is -2.39. The van der Waals surface area contributed by atoms with Gasteiger partial charge in [0, 0.05) is 6.54 Å². The highest BCUT2D eigenvalue weighted by atomic mass is 16.3. The van der Waals surface area contributed by atoms with Gasteiger partial charge >= 0.3 is 0 Å². The van der Waals surface area contributed by atoms with Gasteiger partial charge in [0.05, 0.1) is 12.0 Å². The van der Waals surface area contributed by atoms with Crippen LogP contribution in [0.4, 0.5) is 0 Å². The van der Waals surface area contributed by atoms with Crippen LogP contribution in [0.1, 0.15) is 12.5 Å². The van der Waals surface area contributed by atoms with E-state index in [9.17, 15) is 9.90 Å². The Morgan fingerprint density at radius 2 is 2.12 bits per heavy atom. The Bertz CT molecular complexity index is 357. The smallest absolute Gasteiger partial charge is 0.224 e. The summed E-state index contributed by atoms with van der Waals surface area (Å²) in [6.07, 6.45) is 1.74. The molecule has 0 heterocycles. The number of benzene rings is 1. The number of carbonyl (C=O) groups is 1. The fraction of sp³-hybridized carbons (Fsp3) is 0.308. The third-order valence-electron chi connectivity index (χ3n) is 2.29. The van der Waals surface area contributed by atoms with Crippen LogP contribution in [0.2, 0.25) is 0 Å². The van der Waals surface area contributed by atoms with Gasteiger partial charge < -0.3 is 10.4 Å². The van der Waals surface area contributed by atoms with Crippen molar-refractivity contribution in [3.05, 3.63) is 48.6 Å². The van der Waals surface area contributed by atoms with Crippen molar-refractivity contribution in [2.75, 3.05) is 6.54 Å². The lowest BCUT2D eigenvalue weighted by molar-refractivity contribution is -0.121. The van der Waals surface area contributed by atoms with Crippen LogP contribution in [-0.4, -0.2) is 23.2 Å².